The van der Waals surface area contributed by atoms with E-state index < -0.39 is 0 Å². The molecule has 0 aliphatic heterocycles. The van der Waals surface area contributed by atoms with Crippen molar-refractivity contribution in [3.05, 3.63) is 88.1 Å². The summed E-state index contributed by atoms with van der Waals surface area (Å²) in [6.45, 7) is 2.22. The van der Waals surface area contributed by atoms with Crippen LogP contribution in [0.1, 0.15) is 16.8 Å². The minimum Gasteiger partial charge on any atom is -0.334 e. The van der Waals surface area contributed by atoms with E-state index in [2.05, 4.69) is 15.1 Å². The van der Waals surface area contributed by atoms with Crippen LogP contribution in [0.2, 0.25) is 0 Å². The van der Waals surface area contributed by atoms with Crippen LogP contribution >= 0.6 is 0 Å². The molecule has 0 aliphatic carbocycles. The third-order valence-electron chi connectivity index (χ3n) is 4.27. The van der Waals surface area contributed by atoms with Crippen LogP contribution in [0.3, 0.4) is 0 Å². The molecule has 0 radical (unpaired) electrons. The third-order valence-corrected chi connectivity index (χ3v) is 4.27. The summed E-state index contributed by atoms with van der Waals surface area (Å²) in [6.07, 6.45) is 3.19. The summed E-state index contributed by atoms with van der Waals surface area (Å²) in [4.78, 5) is 20.7. The van der Waals surface area contributed by atoms with Crippen LogP contribution in [0, 0.1) is 18.3 Å². The second kappa shape index (κ2) is 7.29. The first-order valence-electron chi connectivity index (χ1n) is 8.59. The normalized spacial score (nSPS) is 10.6. The molecule has 3 aromatic heterocycles. The van der Waals surface area contributed by atoms with Crippen LogP contribution in [-0.2, 0) is 6.54 Å². The van der Waals surface area contributed by atoms with Gasteiger partial charge in [0.05, 0.1) is 12.1 Å². The average Bonchev–Trinajstić information content (AvgIpc) is 3.20. The van der Waals surface area contributed by atoms with Crippen molar-refractivity contribution >= 4 is 0 Å². The zero-order valence-corrected chi connectivity index (χ0v) is 15.0. The summed E-state index contributed by atoms with van der Waals surface area (Å²) in [5.41, 5.74) is 3.33. The molecule has 3 heterocycles. The van der Waals surface area contributed by atoms with Crippen LogP contribution in [0.5, 0.6) is 0 Å². The van der Waals surface area contributed by atoms with Gasteiger partial charge in [-0.3, -0.25) is 4.79 Å². The SMILES string of the molecule is Cc1cccc(-c2noc(-c3ccc(=O)n(Cc4cccnc4C#N)c3)n2)c1. The fourth-order valence-electron chi connectivity index (χ4n) is 2.87. The Morgan fingerprint density at radius 1 is 1.14 bits per heavy atom. The Hall–Kier alpha value is -4.05. The molecule has 4 aromatic rings. The number of pyridine rings is 2. The van der Waals surface area contributed by atoms with Gasteiger partial charge in [-0.2, -0.15) is 10.2 Å². The van der Waals surface area contributed by atoms with Crippen LogP contribution in [0.15, 0.2) is 70.2 Å². The first-order valence-corrected chi connectivity index (χ1v) is 8.59. The lowest BCUT2D eigenvalue weighted by molar-refractivity contribution is 0.432. The maximum Gasteiger partial charge on any atom is 0.259 e. The van der Waals surface area contributed by atoms with Crippen LogP contribution in [-0.4, -0.2) is 19.7 Å². The number of hydrogen-bond acceptors (Lipinski definition) is 6. The van der Waals surface area contributed by atoms with E-state index in [1.807, 2.05) is 37.3 Å². The molecule has 0 N–H and O–H groups in total. The van der Waals surface area contributed by atoms with Gasteiger partial charge in [-0.15, -0.1) is 0 Å². The van der Waals surface area contributed by atoms with Gasteiger partial charge in [-0.25, -0.2) is 4.98 Å². The van der Waals surface area contributed by atoms with Crippen molar-refractivity contribution in [2.75, 3.05) is 0 Å². The quantitative estimate of drug-likeness (QED) is 0.548. The van der Waals surface area contributed by atoms with Crippen molar-refractivity contribution in [3.63, 3.8) is 0 Å². The van der Waals surface area contributed by atoms with Gasteiger partial charge in [-0.1, -0.05) is 35.0 Å². The fraction of sp³-hybridized carbons (Fsp3) is 0.0952. The van der Waals surface area contributed by atoms with Gasteiger partial charge in [0.2, 0.25) is 5.82 Å². The Labute approximate surface area is 160 Å². The number of nitrogens with zero attached hydrogens (tertiary/aromatic N) is 5. The number of aromatic nitrogens is 4. The molecule has 0 fully saturated rings. The fourth-order valence-corrected chi connectivity index (χ4v) is 2.87. The Kier molecular flexibility index (Phi) is 4.52. The van der Waals surface area contributed by atoms with Crippen molar-refractivity contribution in [1.82, 2.24) is 19.7 Å². The zero-order valence-electron chi connectivity index (χ0n) is 15.0. The highest BCUT2D eigenvalue weighted by Gasteiger charge is 2.13. The van der Waals surface area contributed by atoms with E-state index >= 15 is 0 Å². The third kappa shape index (κ3) is 3.44. The molecule has 0 unspecified atom stereocenters. The monoisotopic (exact) mass is 369 g/mol. The standard InChI is InChI=1S/C21H15N5O2/c1-14-4-2-5-15(10-14)20-24-21(28-25-20)17-7-8-19(27)26(13-17)12-16-6-3-9-23-18(16)11-22/h2-10,13H,12H2,1H3. The molecule has 0 aliphatic rings. The Balaban J connectivity index is 1.68. The first-order chi connectivity index (χ1) is 13.6. The molecule has 0 atom stereocenters. The summed E-state index contributed by atoms with van der Waals surface area (Å²) in [7, 11) is 0. The van der Waals surface area contributed by atoms with Gasteiger partial charge in [0.15, 0.2) is 0 Å². The van der Waals surface area contributed by atoms with Crippen molar-refractivity contribution in [2.45, 2.75) is 13.5 Å². The second-order valence-corrected chi connectivity index (χ2v) is 6.30. The molecule has 0 spiro atoms. The molecule has 0 saturated carbocycles. The first kappa shape index (κ1) is 17.4. The van der Waals surface area contributed by atoms with Crippen molar-refractivity contribution < 1.29 is 4.52 Å². The predicted molar refractivity (Wildman–Crippen MR) is 102 cm³/mol. The van der Waals surface area contributed by atoms with Crippen molar-refractivity contribution in [3.8, 4) is 28.9 Å². The van der Waals surface area contributed by atoms with E-state index in [4.69, 9.17) is 4.52 Å². The summed E-state index contributed by atoms with van der Waals surface area (Å²) in [5.74, 6) is 0.799. The lowest BCUT2D eigenvalue weighted by atomic mass is 10.1. The Morgan fingerprint density at radius 2 is 2.04 bits per heavy atom. The maximum atomic E-state index is 12.3. The number of aryl methyl sites for hydroxylation is 1. The van der Waals surface area contributed by atoms with E-state index in [0.717, 1.165) is 11.1 Å². The van der Waals surface area contributed by atoms with E-state index in [0.29, 0.717) is 28.5 Å². The van der Waals surface area contributed by atoms with Gasteiger partial charge in [0.1, 0.15) is 11.8 Å². The van der Waals surface area contributed by atoms with Crippen molar-refractivity contribution in [1.29, 1.82) is 5.26 Å². The molecule has 4 rings (SSSR count). The van der Waals surface area contributed by atoms with Crippen molar-refractivity contribution in [2.24, 2.45) is 0 Å². The molecular formula is C21H15N5O2. The van der Waals surface area contributed by atoms with Gasteiger partial charge in [0, 0.05) is 29.6 Å². The molecule has 0 saturated heterocycles. The Bertz CT molecular complexity index is 1250. The minimum atomic E-state index is -0.199. The van der Waals surface area contributed by atoms with Gasteiger partial charge in [0.25, 0.3) is 11.4 Å². The summed E-state index contributed by atoms with van der Waals surface area (Å²) < 4.78 is 6.88. The number of nitriles is 1. The van der Waals surface area contributed by atoms with Gasteiger partial charge < -0.3 is 9.09 Å². The number of benzene rings is 1. The predicted octanol–water partition coefficient (Wildman–Crippen LogP) is 3.19. The zero-order chi connectivity index (χ0) is 19.5. The molecule has 7 heteroatoms. The lowest BCUT2D eigenvalue weighted by Gasteiger charge is -2.07. The smallest absolute Gasteiger partial charge is 0.259 e. The van der Waals surface area contributed by atoms with Gasteiger partial charge >= 0.3 is 0 Å². The van der Waals surface area contributed by atoms with Crippen LogP contribution in [0.4, 0.5) is 0 Å². The van der Waals surface area contributed by atoms with Crippen LogP contribution < -0.4 is 5.56 Å². The maximum absolute atomic E-state index is 12.3. The Morgan fingerprint density at radius 3 is 2.86 bits per heavy atom. The van der Waals surface area contributed by atoms with E-state index in [1.54, 1.807) is 30.6 Å². The topological polar surface area (TPSA) is 97.6 Å². The molecule has 28 heavy (non-hydrogen) atoms. The molecular weight excluding hydrogens is 354 g/mol. The van der Waals surface area contributed by atoms with Crippen LogP contribution in [0.25, 0.3) is 22.8 Å². The highest BCUT2D eigenvalue weighted by molar-refractivity contribution is 5.59. The largest absolute Gasteiger partial charge is 0.334 e. The molecule has 136 valence electrons. The highest BCUT2D eigenvalue weighted by atomic mass is 16.5. The summed E-state index contributed by atoms with van der Waals surface area (Å²) in [5, 5.41) is 13.2. The highest BCUT2D eigenvalue weighted by Crippen LogP contribution is 2.22. The summed E-state index contributed by atoms with van der Waals surface area (Å²) in [6, 6.07) is 16.4. The molecule has 1 aromatic carbocycles. The van der Waals surface area contributed by atoms with E-state index in [1.165, 1.54) is 10.6 Å². The van der Waals surface area contributed by atoms with Gasteiger partial charge in [-0.05, 0) is 25.1 Å². The van der Waals surface area contributed by atoms with E-state index in [-0.39, 0.29) is 12.1 Å². The number of rotatable bonds is 4. The minimum absolute atomic E-state index is 0.199. The summed E-state index contributed by atoms with van der Waals surface area (Å²) >= 11 is 0. The lowest BCUT2D eigenvalue weighted by Crippen LogP contribution is -2.19. The second-order valence-electron chi connectivity index (χ2n) is 6.30. The van der Waals surface area contributed by atoms with E-state index in [9.17, 15) is 10.1 Å². The molecule has 7 nitrogen and oxygen atoms in total. The molecule has 0 amide bonds. The number of hydrogen-bond donors (Lipinski definition) is 0. The average molecular weight is 369 g/mol. The molecule has 0 bridgehead atoms.